The molecule has 2 aliphatic carbocycles. The minimum atomic E-state index is -1.50. The van der Waals surface area contributed by atoms with Crippen LogP contribution in [0.15, 0.2) is 65.8 Å². The van der Waals surface area contributed by atoms with Crippen LogP contribution in [0.1, 0.15) is 43.6 Å². The summed E-state index contributed by atoms with van der Waals surface area (Å²) in [7, 11) is 0. The maximum Gasteiger partial charge on any atom is 0.352 e. The highest BCUT2D eigenvalue weighted by Crippen LogP contribution is 2.68. The molecule has 216 valence electrons. The van der Waals surface area contributed by atoms with Crippen molar-refractivity contribution in [2.24, 2.45) is 16.4 Å². The minimum absolute atomic E-state index is 0.181. The lowest BCUT2D eigenvalue weighted by molar-refractivity contribution is -0.191. The molecule has 0 bridgehead atoms. The first-order chi connectivity index (χ1) is 19.6. The Morgan fingerprint density at radius 1 is 0.927 bits per heavy atom. The Bertz CT molecular complexity index is 1330. The molecule has 0 amide bonds. The molecule has 0 aliphatic heterocycles. The van der Waals surface area contributed by atoms with Crippen LogP contribution >= 0.6 is 0 Å². The lowest BCUT2D eigenvalue weighted by Crippen LogP contribution is -2.47. The topological polar surface area (TPSA) is 194 Å². The molecule has 13 heteroatoms. The molecule has 13 nitrogen and oxygen atoms in total. The molecule has 0 spiro atoms. The van der Waals surface area contributed by atoms with Crippen molar-refractivity contribution >= 4 is 23.9 Å². The molecule has 2 aliphatic rings. The quantitative estimate of drug-likeness (QED) is 0.134. The summed E-state index contributed by atoms with van der Waals surface area (Å²) in [5.74, 6) is -4.22. The standard InChI is InChI=1S/C28H29N3O10/c1-15(33)38-22(17-9-5-3-6-10-17)26(36)40-24-21(30-31-29)19-13-28(19,20(35)14-32)25(24)41-27(37)23(39-16(2)34)18-11-7-4-8-12-18/h3-12,19-25,32,35H,13-14H2,1-2H3/t19-,20+,21-,22+,23+,24-,25+,28-/m1/s1. The van der Waals surface area contributed by atoms with Crippen LogP contribution in [0.3, 0.4) is 0 Å². The number of fused-ring (bicyclic) bond motifs is 1. The van der Waals surface area contributed by atoms with Crippen LogP contribution in [0.4, 0.5) is 0 Å². The van der Waals surface area contributed by atoms with E-state index in [4.69, 9.17) is 18.9 Å². The van der Waals surface area contributed by atoms with Crippen LogP contribution in [-0.2, 0) is 38.1 Å². The molecule has 2 fully saturated rings. The van der Waals surface area contributed by atoms with Crippen LogP contribution in [0.2, 0.25) is 0 Å². The van der Waals surface area contributed by atoms with Crippen LogP contribution in [0, 0.1) is 11.3 Å². The molecule has 0 heterocycles. The Balaban J connectivity index is 1.70. The molecular formula is C28H29N3O10. The van der Waals surface area contributed by atoms with Gasteiger partial charge in [-0.05, 0) is 17.9 Å². The first-order valence-electron chi connectivity index (χ1n) is 12.8. The largest absolute Gasteiger partial charge is 0.455 e. The Hall–Kier alpha value is -4.45. The number of carbonyl (C=O) groups excluding carboxylic acids is 4. The predicted molar refractivity (Wildman–Crippen MR) is 138 cm³/mol. The zero-order chi connectivity index (χ0) is 29.7. The van der Waals surface area contributed by atoms with Crippen LogP contribution in [-0.4, -0.2) is 65.1 Å². The predicted octanol–water partition coefficient (Wildman–Crippen LogP) is 2.47. The van der Waals surface area contributed by atoms with E-state index in [0.29, 0.717) is 11.1 Å². The number of hydrogen-bond donors (Lipinski definition) is 2. The van der Waals surface area contributed by atoms with Gasteiger partial charge in [-0.2, -0.15) is 0 Å². The van der Waals surface area contributed by atoms with E-state index in [2.05, 4.69) is 10.0 Å². The van der Waals surface area contributed by atoms with E-state index >= 15 is 0 Å². The lowest BCUT2D eigenvalue weighted by atomic mass is 9.92. The van der Waals surface area contributed by atoms with Gasteiger partial charge in [-0.15, -0.1) is 0 Å². The molecule has 2 N–H and O–H groups in total. The van der Waals surface area contributed by atoms with Gasteiger partial charge in [-0.1, -0.05) is 65.8 Å². The molecule has 2 aromatic carbocycles. The minimum Gasteiger partial charge on any atom is -0.455 e. The molecule has 2 saturated carbocycles. The number of azide groups is 1. The third-order valence-corrected chi connectivity index (χ3v) is 7.35. The summed E-state index contributed by atoms with van der Waals surface area (Å²) >= 11 is 0. The van der Waals surface area contributed by atoms with Crippen molar-refractivity contribution in [1.29, 1.82) is 0 Å². The number of rotatable bonds is 11. The van der Waals surface area contributed by atoms with Gasteiger partial charge in [0.1, 0.15) is 12.2 Å². The number of aliphatic hydroxyl groups is 2. The molecule has 2 aromatic rings. The number of benzene rings is 2. The number of ether oxygens (including phenoxy) is 4. The van der Waals surface area contributed by atoms with Crippen LogP contribution < -0.4 is 0 Å². The van der Waals surface area contributed by atoms with Gasteiger partial charge in [0.2, 0.25) is 12.2 Å². The second-order valence-corrected chi connectivity index (χ2v) is 9.88. The van der Waals surface area contributed by atoms with Gasteiger partial charge < -0.3 is 29.2 Å². The van der Waals surface area contributed by atoms with E-state index in [1.807, 2.05) is 0 Å². The van der Waals surface area contributed by atoms with Crippen molar-refractivity contribution in [3.05, 3.63) is 82.2 Å². The average Bonchev–Trinajstić information content (AvgIpc) is 3.66. The maximum atomic E-state index is 13.5. The summed E-state index contributed by atoms with van der Waals surface area (Å²) in [4.78, 5) is 53.4. The average molecular weight is 568 g/mol. The van der Waals surface area contributed by atoms with Crippen molar-refractivity contribution in [3.63, 3.8) is 0 Å². The fourth-order valence-electron chi connectivity index (χ4n) is 5.53. The second kappa shape index (κ2) is 12.4. The van der Waals surface area contributed by atoms with Crippen molar-refractivity contribution in [3.8, 4) is 0 Å². The van der Waals surface area contributed by atoms with Gasteiger partial charge in [-0.25, -0.2) is 9.59 Å². The molecule has 8 atom stereocenters. The van der Waals surface area contributed by atoms with Crippen LogP contribution in [0.25, 0.3) is 10.4 Å². The van der Waals surface area contributed by atoms with Gasteiger partial charge in [0, 0.05) is 35.3 Å². The van der Waals surface area contributed by atoms with E-state index in [-0.39, 0.29) is 6.42 Å². The summed E-state index contributed by atoms with van der Waals surface area (Å²) in [6.45, 7) is 1.51. The summed E-state index contributed by atoms with van der Waals surface area (Å²) < 4.78 is 22.0. The summed E-state index contributed by atoms with van der Waals surface area (Å²) in [6, 6.07) is 15.0. The van der Waals surface area contributed by atoms with Gasteiger partial charge >= 0.3 is 23.9 Å². The van der Waals surface area contributed by atoms with Gasteiger partial charge in [-0.3, -0.25) is 9.59 Å². The van der Waals surface area contributed by atoms with Crippen LogP contribution in [0.5, 0.6) is 0 Å². The number of hydrogen-bond acceptors (Lipinski definition) is 11. The second-order valence-electron chi connectivity index (χ2n) is 9.88. The molecule has 41 heavy (non-hydrogen) atoms. The fraction of sp³-hybridized carbons (Fsp3) is 0.429. The van der Waals surface area contributed by atoms with Crippen molar-refractivity contribution < 1.29 is 48.3 Å². The van der Waals surface area contributed by atoms with Crippen molar-refractivity contribution in [2.45, 2.75) is 56.8 Å². The first-order valence-corrected chi connectivity index (χ1v) is 12.8. The first kappa shape index (κ1) is 29.5. The molecule has 0 aromatic heterocycles. The van der Waals surface area contributed by atoms with Gasteiger partial charge in [0.25, 0.3) is 0 Å². The fourth-order valence-corrected chi connectivity index (χ4v) is 5.53. The SMILES string of the molecule is CC(=O)O[C@H](C(=O)O[C@@H]1[C@H](N=[N+]=[N-])[C@H]2C[C@@]2([C@@H](O)CO)[C@H]1OC(=O)[C@@H](OC(C)=O)c1ccccc1)c1ccccc1. The van der Waals surface area contributed by atoms with Gasteiger partial charge in [0.15, 0.2) is 0 Å². The Morgan fingerprint density at radius 3 is 1.85 bits per heavy atom. The van der Waals surface area contributed by atoms with Crippen molar-refractivity contribution in [2.75, 3.05) is 6.61 Å². The highest BCUT2D eigenvalue weighted by molar-refractivity contribution is 5.81. The normalized spacial score (nSPS) is 26.2. The Labute approximate surface area is 234 Å². The molecule has 0 radical (unpaired) electrons. The highest BCUT2D eigenvalue weighted by Gasteiger charge is 2.76. The Morgan fingerprint density at radius 2 is 1.41 bits per heavy atom. The monoisotopic (exact) mass is 567 g/mol. The molecule has 4 rings (SSSR count). The van der Waals surface area contributed by atoms with Gasteiger partial charge in [0.05, 0.1) is 18.8 Å². The Kier molecular flexibility index (Phi) is 8.92. The van der Waals surface area contributed by atoms with Crippen molar-refractivity contribution in [1.82, 2.24) is 0 Å². The number of nitrogens with zero attached hydrogens (tertiary/aromatic N) is 3. The third-order valence-electron chi connectivity index (χ3n) is 7.35. The van der Waals surface area contributed by atoms with E-state index < -0.39 is 78.4 Å². The molecule has 0 saturated heterocycles. The zero-order valence-corrected chi connectivity index (χ0v) is 22.2. The number of carbonyl (C=O) groups is 4. The number of aliphatic hydroxyl groups excluding tert-OH is 2. The highest BCUT2D eigenvalue weighted by atomic mass is 16.6. The third kappa shape index (κ3) is 6.02. The van der Waals surface area contributed by atoms with E-state index in [1.165, 1.54) is 0 Å². The zero-order valence-electron chi connectivity index (χ0n) is 22.2. The number of esters is 4. The molecule has 0 unspecified atom stereocenters. The van der Waals surface area contributed by atoms with E-state index in [9.17, 15) is 34.9 Å². The lowest BCUT2D eigenvalue weighted by Gasteiger charge is -2.33. The smallest absolute Gasteiger partial charge is 0.352 e. The maximum absolute atomic E-state index is 13.5. The van der Waals surface area contributed by atoms with E-state index in [1.54, 1.807) is 60.7 Å². The summed E-state index contributed by atoms with van der Waals surface area (Å²) in [5.41, 5.74) is 8.55. The van der Waals surface area contributed by atoms with E-state index in [0.717, 1.165) is 13.8 Å². The summed E-state index contributed by atoms with van der Waals surface area (Å²) in [5, 5.41) is 24.4. The summed E-state index contributed by atoms with van der Waals surface area (Å²) in [6.07, 6.45) is -7.10. The molecular weight excluding hydrogens is 538 g/mol.